The van der Waals surface area contributed by atoms with Gasteiger partial charge in [-0.2, -0.15) is 0 Å². The maximum absolute atomic E-state index is 12.0. The maximum Gasteiger partial charge on any atom is 0.349 e. The smallest absolute Gasteiger partial charge is 0.349 e. The summed E-state index contributed by atoms with van der Waals surface area (Å²) >= 11 is 0. The van der Waals surface area contributed by atoms with E-state index in [0.29, 0.717) is 42.9 Å². The molecule has 0 aliphatic heterocycles. The third-order valence-corrected chi connectivity index (χ3v) is 15.7. The third kappa shape index (κ3) is 20.6. The minimum absolute atomic E-state index is 0.0119. The average Bonchev–Trinajstić information content (AvgIpc) is 1.04. The van der Waals surface area contributed by atoms with Gasteiger partial charge in [0.2, 0.25) is 0 Å². The van der Waals surface area contributed by atoms with Crippen molar-refractivity contribution in [2.75, 3.05) is 39.6 Å². The van der Waals surface area contributed by atoms with Crippen molar-refractivity contribution in [2.24, 2.45) is 21.7 Å². The molecule has 0 saturated heterocycles. The Kier molecular flexibility index (Phi) is 26.0. The molecule has 0 amide bonds. The minimum Gasteiger partial charge on any atom is -0.508 e. The van der Waals surface area contributed by atoms with Crippen LogP contribution in [0.5, 0.6) is 34.5 Å². The number of aromatic hydroxyl groups is 4. The lowest BCUT2D eigenvalue weighted by atomic mass is 9.91. The van der Waals surface area contributed by atoms with Crippen LogP contribution in [0.25, 0.3) is 43.1 Å². The number of rotatable bonds is 22. The van der Waals surface area contributed by atoms with Crippen molar-refractivity contribution in [3.8, 4) is 34.5 Å². The van der Waals surface area contributed by atoms with E-state index < -0.39 is 46.2 Å². The van der Waals surface area contributed by atoms with E-state index in [0.717, 1.165) is 61.5 Å². The van der Waals surface area contributed by atoms with Gasteiger partial charge in [0, 0.05) is 22.6 Å². The number of phenolic OH excluding ortho intramolecular Hbond substituents is 4. The largest absolute Gasteiger partial charge is 0.508 e. The molecule has 0 aromatic heterocycles. The fourth-order valence-electron chi connectivity index (χ4n) is 8.14. The Balaban J connectivity index is 0.000000218. The standard InChI is InChI=1S/C19H22O5.C18H20O5.C18H22O4.C18H22O3/c1-4-19(2,3)18(22)24-10-9-23-17(21)15-6-5-14-12-16(20)8-7-13(14)11-15;1-4-18(2,3)17(21)22-11-16(20)23-15-8-6-12-9-14(19)7-5-13(12)10-15;1-4-18(2,3)17(20)22-12-11-21-16-10-6-7-13-14(16)8-5-9-15(13)19;1-4-18(2,3)17(20)21-12-11-13-7-5-9-15-14(13)8-6-10-16(15)19/h5-8,11-12,20H,4,9-10H2,1-3H3;5-10,19H,4,11H2,1-3H3;5-10,19H,4,11-12H2,1-3H3;5-10,19H,4,11-12H2,1-3H3. The fourth-order valence-corrected chi connectivity index (χ4v) is 8.14. The molecule has 0 saturated carbocycles. The molecule has 17 heteroatoms. The SMILES string of the molecule is CCC(C)(C)C(=O)OCC(=O)Oc1ccc2cc(O)ccc2c1.CCC(C)(C)C(=O)OCCOC(=O)c1ccc2cc(O)ccc2c1.CCC(C)(C)C(=O)OCCOc1cccc2c(O)cccc12.CCC(C)(C)C(=O)OCCc1cccc2c(O)cccc12. The zero-order valence-corrected chi connectivity index (χ0v) is 53.7. The Bertz CT molecular complexity index is 3760. The number of fused-ring (bicyclic) bond motifs is 4. The van der Waals surface area contributed by atoms with Crippen LogP contribution in [0.4, 0.5) is 0 Å². The lowest BCUT2D eigenvalue weighted by Gasteiger charge is -2.20. The van der Waals surface area contributed by atoms with Crippen molar-refractivity contribution in [1.82, 2.24) is 0 Å². The van der Waals surface area contributed by atoms with Gasteiger partial charge in [-0.05, 0) is 180 Å². The minimum atomic E-state index is -0.636. The van der Waals surface area contributed by atoms with Crippen molar-refractivity contribution < 1.29 is 82.4 Å². The van der Waals surface area contributed by atoms with Crippen molar-refractivity contribution in [1.29, 1.82) is 0 Å². The molecule has 0 spiro atoms. The molecule has 0 bridgehead atoms. The quantitative estimate of drug-likeness (QED) is 0.0213. The van der Waals surface area contributed by atoms with Crippen LogP contribution in [0, 0.1) is 21.7 Å². The van der Waals surface area contributed by atoms with Gasteiger partial charge in [0.15, 0.2) is 6.61 Å². The molecular weight excluding hydrogens is 1150 g/mol. The van der Waals surface area contributed by atoms with E-state index in [-0.39, 0.29) is 67.3 Å². The molecule has 17 nitrogen and oxygen atoms in total. The highest BCUT2D eigenvalue weighted by Crippen LogP contribution is 2.33. The second-order valence-electron chi connectivity index (χ2n) is 24.0. The molecule has 8 aromatic carbocycles. The number of ether oxygens (including phenoxy) is 7. The Labute approximate surface area is 526 Å². The van der Waals surface area contributed by atoms with E-state index >= 15 is 0 Å². The van der Waals surface area contributed by atoms with Crippen molar-refractivity contribution in [3.63, 3.8) is 0 Å². The van der Waals surface area contributed by atoms with E-state index in [9.17, 15) is 49.2 Å². The molecule has 4 N–H and O–H groups in total. The van der Waals surface area contributed by atoms with Gasteiger partial charge in [0.05, 0.1) is 33.8 Å². The van der Waals surface area contributed by atoms with E-state index in [2.05, 4.69) is 0 Å². The summed E-state index contributed by atoms with van der Waals surface area (Å²) in [5, 5.41) is 45.3. The van der Waals surface area contributed by atoms with Crippen LogP contribution in [-0.2, 0) is 54.1 Å². The molecule has 0 heterocycles. The summed E-state index contributed by atoms with van der Waals surface area (Å²) in [6, 6.07) is 42.0. The van der Waals surface area contributed by atoms with E-state index in [4.69, 9.17) is 33.2 Å². The number of phenols is 4. The summed E-state index contributed by atoms with van der Waals surface area (Å²) in [6.07, 6.45) is 3.44. The van der Waals surface area contributed by atoms with Crippen LogP contribution < -0.4 is 9.47 Å². The number of hydrogen-bond acceptors (Lipinski definition) is 17. The van der Waals surface area contributed by atoms with E-state index in [1.807, 2.05) is 124 Å². The van der Waals surface area contributed by atoms with Gasteiger partial charge in [-0.1, -0.05) is 107 Å². The number of esters is 6. The summed E-state index contributed by atoms with van der Waals surface area (Å²) < 4.78 is 36.7. The average molecular weight is 1240 g/mol. The van der Waals surface area contributed by atoms with Gasteiger partial charge >= 0.3 is 35.8 Å². The van der Waals surface area contributed by atoms with Gasteiger partial charge in [-0.15, -0.1) is 0 Å². The second kappa shape index (κ2) is 32.7. The maximum atomic E-state index is 12.0. The van der Waals surface area contributed by atoms with Gasteiger partial charge in [0.1, 0.15) is 60.9 Å². The molecule has 0 fully saturated rings. The zero-order chi connectivity index (χ0) is 66.4. The number of benzene rings is 8. The number of carbonyl (C=O) groups is 6. The summed E-state index contributed by atoms with van der Waals surface area (Å²) in [5.41, 5.74) is -0.569. The summed E-state index contributed by atoms with van der Waals surface area (Å²) in [5.74, 6) is -0.336. The molecule has 0 atom stereocenters. The summed E-state index contributed by atoms with van der Waals surface area (Å²) in [6.45, 7) is 22.9. The molecule has 0 aliphatic rings. The van der Waals surface area contributed by atoms with E-state index in [1.54, 1.807) is 105 Å². The monoisotopic (exact) mass is 1230 g/mol. The number of carbonyl (C=O) groups excluding carboxylic acids is 6. The molecular formula is C73H86O17. The molecule has 0 unspecified atom stereocenters. The van der Waals surface area contributed by atoms with Crippen LogP contribution >= 0.6 is 0 Å². The first-order valence-electron chi connectivity index (χ1n) is 30.1. The lowest BCUT2D eigenvalue weighted by Crippen LogP contribution is -2.29. The first kappa shape index (κ1) is 71.4. The van der Waals surface area contributed by atoms with Gasteiger partial charge < -0.3 is 53.6 Å². The van der Waals surface area contributed by atoms with Crippen molar-refractivity contribution in [2.45, 2.75) is 115 Å². The highest BCUT2D eigenvalue weighted by molar-refractivity contribution is 5.96. The van der Waals surface area contributed by atoms with Crippen LogP contribution in [0.2, 0.25) is 0 Å². The Morgan fingerprint density at radius 1 is 0.389 bits per heavy atom. The van der Waals surface area contributed by atoms with Crippen LogP contribution in [-0.4, -0.2) is 95.9 Å². The molecule has 8 aromatic rings. The molecule has 0 aliphatic carbocycles. The molecule has 480 valence electrons. The molecule has 8 rings (SSSR count). The summed E-state index contributed by atoms with van der Waals surface area (Å²) in [7, 11) is 0. The normalized spacial score (nSPS) is 11.4. The Hall–Kier alpha value is -9.38. The van der Waals surface area contributed by atoms with E-state index in [1.165, 1.54) is 0 Å². The second-order valence-corrected chi connectivity index (χ2v) is 24.0. The Morgan fingerprint density at radius 3 is 1.34 bits per heavy atom. The zero-order valence-electron chi connectivity index (χ0n) is 53.7. The topological polar surface area (TPSA) is 248 Å². The summed E-state index contributed by atoms with van der Waals surface area (Å²) in [4.78, 5) is 71.2. The predicted octanol–water partition coefficient (Wildman–Crippen LogP) is 15.1. The van der Waals surface area contributed by atoms with Gasteiger partial charge in [0.25, 0.3) is 0 Å². The first-order chi connectivity index (χ1) is 42.6. The highest BCUT2D eigenvalue weighted by atomic mass is 16.6. The van der Waals surface area contributed by atoms with Crippen LogP contribution in [0.15, 0.2) is 146 Å². The molecule has 90 heavy (non-hydrogen) atoms. The molecule has 0 radical (unpaired) electrons. The third-order valence-electron chi connectivity index (χ3n) is 15.7. The van der Waals surface area contributed by atoms with Crippen LogP contribution in [0.1, 0.15) is 125 Å². The highest BCUT2D eigenvalue weighted by Gasteiger charge is 2.30. The van der Waals surface area contributed by atoms with Gasteiger partial charge in [-0.3, -0.25) is 19.2 Å². The lowest BCUT2D eigenvalue weighted by molar-refractivity contribution is -0.161. The van der Waals surface area contributed by atoms with Crippen LogP contribution in [0.3, 0.4) is 0 Å². The Morgan fingerprint density at radius 2 is 0.800 bits per heavy atom. The first-order valence-corrected chi connectivity index (χ1v) is 30.1. The van der Waals surface area contributed by atoms with Gasteiger partial charge in [-0.25, -0.2) is 9.59 Å². The number of hydrogen-bond donors (Lipinski definition) is 4. The van der Waals surface area contributed by atoms with Crippen molar-refractivity contribution in [3.05, 3.63) is 157 Å². The van der Waals surface area contributed by atoms with Crippen molar-refractivity contribution >= 4 is 78.9 Å². The predicted molar refractivity (Wildman–Crippen MR) is 348 cm³/mol. The fraction of sp³-hybridized carbons (Fsp3) is 0.370.